The van der Waals surface area contributed by atoms with Crippen molar-refractivity contribution in [2.45, 2.75) is 6.54 Å². The highest BCUT2D eigenvalue weighted by atomic mass is 16.6. The summed E-state index contributed by atoms with van der Waals surface area (Å²) in [6.45, 7) is 0.508. The molecule has 0 aliphatic carbocycles. The summed E-state index contributed by atoms with van der Waals surface area (Å²) in [4.78, 5) is 34.3. The molecule has 1 aromatic heterocycles. The average molecular weight is 365 g/mol. The minimum atomic E-state index is -0.663. The maximum absolute atomic E-state index is 12.1. The van der Waals surface area contributed by atoms with E-state index in [-0.39, 0.29) is 16.8 Å². The number of nitrogens with one attached hydrogen (secondary N) is 2. The van der Waals surface area contributed by atoms with Crippen molar-refractivity contribution in [2.24, 2.45) is 0 Å². The molecule has 2 N–H and O–H groups in total. The number of hydrogen-bond acceptors (Lipinski definition) is 5. The Morgan fingerprint density at radius 1 is 1.00 bits per heavy atom. The molecule has 136 valence electrons. The van der Waals surface area contributed by atoms with Crippen molar-refractivity contribution in [3.8, 4) is 0 Å². The Kier molecular flexibility index (Phi) is 5.22. The number of hydrogen-bond donors (Lipinski definition) is 2. The SMILES string of the molecule is O=C(NNC(=O)c1cnn(Cc2ccccc2)c1)c1cccc([N+](=O)[O-])c1. The molecule has 9 nitrogen and oxygen atoms in total. The predicted octanol–water partition coefficient (Wildman–Crippen LogP) is 1.91. The van der Waals surface area contributed by atoms with E-state index in [9.17, 15) is 19.7 Å². The Labute approximate surface area is 153 Å². The van der Waals surface area contributed by atoms with Gasteiger partial charge in [-0.2, -0.15) is 5.10 Å². The molecule has 9 heteroatoms. The van der Waals surface area contributed by atoms with Crippen LogP contribution in [0.25, 0.3) is 0 Å². The molecule has 27 heavy (non-hydrogen) atoms. The number of aromatic nitrogens is 2. The molecular formula is C18H15N5O4. The molecule has 3 rings (SSSR count). The number of hydrazine groups is 1. The van der Waals surface area contributed by atoms with Crippen LogP contribution in [0.1, 0.15) is 26.3 Å². The largest absolute Gasteiger partial charge is 0.272 e. The van der Waals surface area contributed by atoms with Crippen molar-refractivity contribution in [3.63, 3.8) is 0 Å². The molecule has 0 radical (unpaired) electrons. The third-order valence-corrected chi connectivity index (χ3v) is 3.69. The van der Waals surface area contributed by atoms with Gasteiger partial charge in [-0.05, 0) is 11.6 Å². The smallest absolute Gasteiger partial charge is 0.268 e. The number of nitro benzene ring substituents is 1. The quantitative estimate of drug-likeness (QED) is 0.529. The summed E-state index contributed by atoms with van der Waals surface area (Å²) in [7, 11) is 0. The molecule has 2 amide bonds. The van der Waals surface area contributed by atoms with E-state index in [4.69, 9.17) is 0 Å². The summed E-state index contributed by atoms with van der Waals surface area (Å²) in [6, 6.07) is 14.8. The molecule has 0 saturated carbocycles. The summed E-state index contributed by atoms with van der Waals surface area (Å²) in [5, 5.41) is 14.9. The zero-order valence-corrected chi connectivity index (χ0v) is 14.0. The van der Waals surface area contributed by atoms with E-state index in [1.54, 1.807) is 10.9 Å². The van der Waals surface area contributed by atoms with Crippen molar-refractivity contribution in [2.75, 3.05) is 0 Å². The third-order valence-electron chi connectivity index (χ3n) is 3.69. The first kappa shape index (κ1) is 17.8. The molecule has 0 aliphatic rings. The Morgan fingerprint density at radius 2 is 1.70 bits per heavy atom. The number of nitro groups is 1. The second kappa shape index (κ2) is 7.91. The normalized spacial score (nSPS) is 10.2. The van der Waals surface area contributed by atoms with Crippen LogP contribution < -0.4 is 10.9 Å². The van der Waals surface area contributed by atoms with Crippen molar-refractivity contribution in [1.82, 2.24) is 20.6 Å². The number of amides is 2. The van der Waals surface area contributed by atoms with Crippen LogP contribution in [0.4, 0.5) is 5.69 Å². The second-order valence-electron chi connectivity index (χ2n) is 5.63. The lowest BCUT2D eigenvalue weighted by Crippen LogP contribution is -2.41. The summed E-state index contributed by atoms with van der Waals surface area (Å²) >= 11 is 0. The molecule has 2 aromatic carbocycles. The van der Waals surface area contributed by atoms with Gasteiger partial charge in [-0.15, -0.1) is 0 Å². The van der Waals surface area contributed by atoms with E-state index < -0.39 is 16.7 Å². The first-order valence-electron chi connectivity index (χ1n) is 7.94. The van der Waals surface area contributed by atoms with Crippen LogP contribution in [0.15, 0.2) is 67.0 Å². The fraction of sp³-hybridized carbons (Fsp3) is 0.0556. The van der Waals surface area contributed by atoms with E-state index in [0.717, 1.165) is 11.6 Å². The van der Waals surface area contributed by atoms with Crippen LogP contribution in [0, 0.1) is 10.1 Å². The zero-order chi connectivity index (χ0) is 19.2. The number of non-ortho nitro benzene ring substituents is 1. The van der Waals surface area contributed by atoms with E-state index in [1.165, 1.54) is 24.4 Å². The Morgan fingerprint density at radius 3 is 2.41 bits per heavy atom. The van der Waals surface area contributed by atoms with E-state index in [2.05, 4.69) is 16.0 Å². The van der Waals surface area contributed by atoms with Gasteiger partial charge in [0.05, 0.1) is 23.2 Å². The summed E-state index contributed by atoms with van der Waals surface area (Å²) in [6.07, 6.45) is 2.94. The molecule has 0 saturated heterocycles. The lowest BCUT2D eigenvalue weighted by Gasteiger charge is -2.06. The minimum absolute atomic E-state index is 0.0595. The summed E-state index contributed by atoms with van der Waals surface area (Å²) < 4.78 is 1.60. The molecule has 0 spiro atoms. The van der Waals surface area contributed by atoms with Gasteiger partial charge in [-0.3, -0.25) is 35.2 Å². The van der Waals surface area contributed by atoms with Gasteiger partial charge in [-0.25, -0.2) is 0 Å². The van der Waals surface area contributed by atoms with Gasteiger partial charge in [-0.1, -0.05) is 36.4 Å². The monoisotopic (exact) mass is 365 g/mol. The van der Waals surface area contributed by atoms with Crippen LogP contribution in [-0.4, -0.2) is 26.5 Å². The van der Waals surface area contributed by atoms with Crippen LogP contribution in [0.3, 0.4) is 0 Å². The van der Waals surface area contributed by atoms with E-state index in [1.807, 2.05) is 30.3 Å². The molecule has 1 heterocycles. The standard InChI is InChI=1S/C18H15N5O4/c24-17(14-7-4-8-16(9-14)23(26)27)20-21-18(25)15-10-19-22(12-15)11-13-5-2-1-3-6-13/h1-10,12H,11H2,(H,20,24)(H,21,25). The fourth-order valence-electron chi connectivity index (χ4n) is 2.36. The maximum atomic E-state index is 12.1. The van der Waals surface area contributed by atoms with Crippen LogP contribution in [0.2, 0.25) is 0 Å². The molecule has 0 atom stereocenters. The lowest BCUT2D eigenvalue weighted by atomic mass is 10.2. The van der Waals surface area contributed by atoms with Gasteiger partial charge >= 0.3 is 0 Å². The van der Waals surface area contributed by atoms with Gasteiger partial charge < -0.3 is 0 Å². The van der Waals surface area contributed by atoms with Gasteiger partial charge in [0.2, 0.25) is 0 Å². The van der Waals surface area contributed by atoms with Crippen LogP contribution in [0.5, 0.6) is 0 Å². The number of nitrogens with zero attached hydrogens (tertiary/aromatic N) is 3. The fourth-order valence-corrected chi connectivity index (χ4v) is 2.36. The van der Waals surface area contributed by atoms with Gasteiger partial charge in [0.25, 0.3) is 17.5 Å². The molecule has 3 aromatic rings. The molecular weight excluding hydrogens is 350 g/mol. The first-order valence-corrected chi connectivity index (χ1v) is 7.94. The zero-order valence-electron chi connectivity index (χ0n) is 14.0. The predicted molar refractivity (Wildman–Crippen MR) is 95.8 cm³/mol. The lowest BCUT2D eigenvalue weighted by molar-refractivity contribution is -0.384. The van der Waals surface area contributed by atoms with E-state index in [0.29, 0.717) is 6.54 Å². The maximum Gasteiger partial charge on any atom is 0.272 e. The van der Waals surface area contributed by atoms with Crippen molar-refractivity contribution in [3.05, 3.63) is 93.8 Å². The van der Waals surface area contributed by atoms with Gasteiger partial charge in [0, 0.05) is 23.9 Å². The Hall–Kier alpha value is -4.01. The Balaban J connectivity index is 1.59. The second-order valence-corrected chi connectivity index (χ2v) is 5.63. The Bertz CT molecular complexity index is 984. The highest BCUT2D eigenvalue weighted by Crippen LogP contribution is 2.12. The van der Waals surface area contributed by atoms with Crippen molar-refractivity contribution < 1.29 is 14.5 Å². The topological polar surface area (TPSA) is 119 Å². The third kappa shape index (κ3) is 4.54. The van der Waals surface area contributed by atoms with Crippen molar-refractivity contribution in [1.29, 1.82) is 0 Å². The minimum Gasteiger partial charge on any atom is -0.268 e. The van der Waals surface area contributed by atoms with Crippen molar-refractivity contribution >= 4 is 17.5 Å². The first-order chi connectivity index (χ1) is 13.0. The number of benzene rings is 2. The summed E-state index contributed by atoms with van der Waals surface area (Å²) in [5.74, 6) is -1.21. The van der Waals surface area contributed by atoms with E-state index >= 15 is 0 Å². The van der Waals surface area contributed by atoms with Gasteiger partial charge in [0.1, 0.15) is 0 Å². The molecule has 0 unspecified atom stereocenters. The average Bonchev–Trinajstić information content (AvgIpc) is 3.15. The molecule has 0 aliphatic heterocycles. The molecule has 0 bridgehead atoms. The highest BCUT2D eigenvalue weighted by molar-refractivity contribution is 5.99. The number of rotatable bonds is 5. The van der Waals surface area contributed by atoms with Crippen LogP contribution in [-0.2, 0) is 6.54 Å². The number of carbonyl (C=O) groups is 2. The summed E-state index contributed by atoms with van der Waals surface area (Å²) in [5.41, 5.74) is 5.64. The highest BCUT2D eigenvalue weighted by Gasteiger charge is 2.14. The van der Waals surface area contributed by atoms with Gasteiger partial charge in [0.15, 0.2) is 0 Å². The van der Waals surface area contributed by atoms with Crippen LogP contribution >= 0.6 is 0 Å². The molecule has 0 fully saturated rings. The number of carbonyl (C=O) groups excluding carboxylic acids is 2.